The molecule has 19 heavy (non-hydrogen) atoms. The summed E-state index contributed by atoms with van der Waals surface area (Å²) in [4.78, 5) is 13.5. The lowest BCUT2D eigenvalue weighted by molar-refractivity contribution is -0.137. The minimum atomic E-state index is -4.40. The molecular formula is C13H15F3N2O. The Bertz CT molecular complexity index is 453. The summed E-state index contributed by atoms with van der Waals surface area (Å²) in [6.07, 6.45) is -1.43. The molecule has 0 aromatic heterocycles. The maximum absolute atomic E-state index is 12.5. The molecule has 0 aliphatic carbocycles. The van der Waals surface area contributed by atoms with Crippen LogP contribution in [0, 0.1) is 0 Å². The molecule has 0 saturated carbocycles. The van der Waals surface area contributed by atoms with Gasteiger partial charge in [-0.2, -0.15) is 13.2 Å². The van der Waals surface area contributed by atoms with Gasteiger partial charge in [-0.1, -0.05) is 6.07 Å². The van der Waals surface area contributed by atoms with Crippen molar-refractivity contribution in [3.8, 4) is 0 Å². The first-order valence-electron chi connectivity index (χ1n) is 6.20. The average Bonchev–Trinajstić information content (AvgIpc) is 2.39. The van der Waals surface area contributed by atoms with E-state index in [1.54, 1.807) is 4.90 Å². The smallest absolute Gasteiger partial charge is 0.325 e. The summed E-state index contributed by atoms with van der Waals surface area (Å²) < 4.78 is 37.6. The number of alkyl halides is 3. The molecule has 0 unspecified atom stereocenters. The number of amides is 2. The van der Waals surface area contributed by atoms with E-state index < -0.39 is 11.7 Å². The van der Waals surface area contributed by atoms with Crippen molar-refractivity contribution in [3.63, 3.8) is 0 Å². The Labute approximate surface area is 109 Å². The maximum atomic E-state index is 12.5. The molecule has 0 atom stereocenters. The number of piperidine rings is 1. The fourth-order valence-electron chi connectivity index (χ4n) is 2.07. The molecular weight excluding hydrogens is 257 g/mol. The van der Waals surface area contributed by atoms with Crippen LogP contribution < -0.4 is 5.32 Å². The molecule has 0 radical (unpaired) electrons. The van der Waals surface area contributed by atoms with E-state index >= 15 is 0 Å². The van der Waals surface area contributed by atoms with Crippen LogP contribution in [0.5, 0.6) is 0 Å². The summed E-state index contributed by atoms with van der Waals surface area (Å²) in [5.74, 6) is 0. The number of hydrogen-bond donors (Lipinski definition) is 1. The monoisotopic (exact) mass is 272 g/mol. The summed E-state index contributed by atoms with van der Waals surface area (Å²) in [7, 11) is 0. The van der Waals surface area contributed by atoms with Crippen molar-refractivity contribution in [1.29, 1.82) is 0 Å². The predicted octanol–water partition coefficient (Wildman–Crippen LogP) is 3.72. The van der Waals surface area contributed by atoms with Crippen LogP contribution >= 0.6 is 0 Å². The Hall–Kier alpha value is -1.72. The van der Waals surface area contributed by atoms with Crippen LogP contribution in [0.1, 0.15) is 24.8 Å². The van der Waals surface area contributed by atoms with Gasteiger partial charge in [-0.3, -0.25) is 0 Å². The lowest BCUT2D eigenvalue weighted by Crippen LogP contribution is -2.38. The van der Waals surface area contributed by atoms with Crippen LogP contribution in [0.3, 0.4) is 0 Å². The number of benzene rings is 1. The standard InChI is InChI=1S/C13H15F3N2O/c14-13(15,16)10-5-4-6-11(9-10)17-12(19)18-7-2-1-3-8-18/h4-6,9H,1-3,7-8H2,(H,17,19). The number of hydrogen-bond acceptors (Lipinski definition) is 1. The Morgan fingerprint density at radius 1 is 1.16 bits per heavy atom. The lowest BCUT2D eigenvalue weighted by atomic mass is 10.1. The fourth-order valence-corrected chi connectivity index (χ4v) is 2.07. The van der Waals surface area contributed by atoms with Crippen LogP contribution in [-0.2, 0) is 6.18 Å². The number of urea groups is 1. The Morgan fingerprint density at radius 2 is 1.84 bits per heavy atom. The van der Waals surface area contributed by atoms with Gasteiger partial charge in [0.25, 0.3) is 0 Å². The zero-order chi connectivity index (χ0) is 13.9. The number of anilines is 1. The number of rotatable bonds is 1. The van der Waals surface area contributed by atoms with E-state index in [9.17, 15) is 18.0 Å². The molecule has 2 amide bonds. The highest BCUT2D eigenvalue weighted by Crippen LogP contribution is 2.30. The molecule has 0 bridgehead atoms. The van der Waals surface area contributed by atoms with Crippen molar-refractivity contribution in [2.75, 3.05) is 18.4 Å². The van der Waals surface area contributed by atoms with E-state index in [-0.39, 0.29) is 11.7 Å². The fraction of sp³-hybridized carbons (Fsp3) is 0.462. The molecule has 3 nitrogen and oxygen atoms in total. The Kier molecular flexibility index (Phi) is 3.97. The highest BCUT2D eigenvalue weighted by atomic mass is 19.4. The van der Waals surface area contributed by atoms with Crippen molar-refractivity contribution >= 4 is 11.7 Å². The van der Waals surface area contributed by atoms with Gasteiger partial charge in [0.15, 0.2) is 0 Å². The van der Waals surface area contributed by atoms with Gasteiger partial charge in [-0.05, 0) is 37.5 Å². The van der Waals surface area contributed by atoms with Gasteiger partial charge in [-0.15, -0.1) is 0 Å². The van der Waals surface area contributed by atoms with Gasteiger partial charge in [0, 0.05) is 18.8 Å². The SMILES string of the molecule is O=C(Nc1cccc(C(F)(F)F)c1)N1CCCCC1. The molecule has 2 rings (SSSR count). The lowest BCUT2D eigenvalue weighted by Gasteiger charge is -2.26. The van der Waals surface area contributed by atoms with Crippen LogP contribution in [0.25, 0.3) is 0 Å². The number of nitrogens with one attached hydrogen (secondary N) is 1. The molecule has 1 aliphatic heterocycles. The van der Waals surface area contributed by atoms with Gasteiger partial charge >= 0.3 is 12.2 Å². The summed E-state index contributed by atoms with van der Waals surface area (Å²) in [6, 6.07) is 4.34. The molecule has 6 heteroatoms. The largest absolute Gasteiger partial charge is 0.416 e. The number of halogens is 3. The third-order valence-electron chi connectivity index (χ3n) is 3.08. The first-order chi connectivity index (χ1) is 8.97. The van der Waals surface area contributed by atoms with Crippen LogP contribution in [-0.4, -0.2) is 24.0 Å². The zero-order valence-electron chi connectivity index (χ0n) is 10.3. The first kappa shape index (κ1) is 13.7. The second kappa shape index (κ2) is 5.50. The minimum absolute atomic E-state index is 0.172. The normalized spacial score (nSPS) is 16.3. The quantitative estimate of drug-likeness (QED) is 0.830. The number of likely N-dealkylation sites (tertiary alicyclic amines) is 1. The van der Waals surface area contributed by atoms with Gasteiger partial charge in [0.05, 0.1) is 5.56 Å². The first-order valence-corrected chi connectivity index (χ1v) is 6.20. The molecule has 1 fully saturated rings. The Balaban J connectivity index is 2.04. The molecule has 104 valence electrons. The second-order valence-corrected chi connectivity index (χ2v) is 4.56. The van der Waals surface area contributed by atoms with E-state index in [0.29, 0.717) is 13.1 Å². The van der Waals surface area contributed by atoms with E-state index in [1.807, 2.05) is 0 Å². The van der Waals surface area contributed by atoms with E-state index in [0.717, 1.165) is 31.4 Å². The summed E-state index contributed by atoms with van der Waals surface area (Å²) in [6.45, 7) is 1.32. The predicted molar refractivity (Wildman–Crippen MR) is 65.9 cm³/mol. The molecule has 0 spiro atoms. The van der Waals surface area contributed by atoms with Crippen molar-refractivity contribution in [2.45, 2.75) is 25.4 Å². The summed E-state index contributed by atoms with van der Waals surface area (Å²) in [5.41, 5.74) is -0.589. The molecule has 1 N–H and O–H groups in total. The van der Waals surface area contributed by atoms with Crippen LogP contribution in [0.4, 0.5) is 23.7 Å². The van der Waals surface area contributed by atoms with Crippen molar-refractivity contribution in [2.24, 2.45) is 0 Å². The molecule has 1 aromatic rings. The number of nitrogens with zero attached hydrogens (tertiary/aromatic N) is 1. The van der Waals surface area contributed by atoms with Crippen LogP contribution in [0.15, 0.2) is 24.3 Å². The minimum Gasteiger partial charge on any atom is -0.325 e. The highest BCUT2D eigenvalue weighted by molar-refractivity contribution is 5.89. The van der Waals surface area contributed by atoms with Gasteiger partial charge in [-0.25, -0.2) is 4.79 Å². The van der Waals surface area contributed by atoms with Crippen LogP contribution in [0.2, 0.25) is 0 Å². The molecule has 1 aromatic carbocycles. The maximum Gasteiger partial charge on any atom is 0.416 e. The highest BCUT2D eigenvalue weighted by Gasteiger charge is 2.30. The van der Waals surface area contributed by atoms with E-state index in [2.05, 4.69) is 5.32 Å². The second-order valence-electron chi connectivity index (χ2n) is 4.56. The van der Waals surface area contributed by atoms with Gasteiger partial charge in [0.1, 0.15) is 0 Å². The third-order valence-corrected chi connectivity index (χ3v) is 3.08. The third kappa shape index (κ3) is 3.62. The topological polar surface area (TPSA) is 32.3 Å². The van der Waals surface area contributed by atoms with Gasteiger partial charge < -0.3 is 10.2 Å². The van der Waals surface area contributed by atoms with E-state index in [4.69, 9.17) is 0 Å². The molecule has 1 saturated heterocycles. The van der Waals surface area contributed by atoms with Crippen molar-refractivity contribution in [1.82, 2.24) is 4.90 Å². The molecule has 1 heterocycles. The van der Waals surface area contributed by atoms with Crippen molar-refractivity contribution < 1.29 is 18.0 Å². The summed E-state index contributed by atoms with van der Waals surface area (Å²) >= 11 is 0. The Morgan fingerprint density at radius 3 is 2.47 bits per heavy atom. The zero-order valence-corrected chi connectivity index (χ0v) is 10.3. The molecule has 1 aliphatic rings. The number of carbonyl (C=O) groups excluding carboxylic acids is 1. The average molecular weight is 272 g/mol. The van der Waals surface area contributed by atoms with Gasteiger partial charge in [0.2, 0.25) is 0 Å². The van der Waals surface area contributed by atoms with Crippen molar-refractivity contribution in [3.05, 3.63) is 29.8 Å². The van der Waals surface area contributed by atoms with E-state index in [1.165, 1.54) is 12.1 Å². The summed E-state index contributed by atoms with van der Waals surface area (Å²) in [5, 5.41) is 2.51. The number of carbonyl (C=O) groups is 1.